The molecule has 2 aliphatic rings. The molecule has 0 aromatic carbocycles. The van der Waals surface area contributed by atoms with Crippen molar-refractivity contribution >= 4 is 0 Å². The first-order chi connectivity index (χ1) is 10.3. The highest BCUT2D eigenvalue weighted by Crippen LogP contribution is 2.39. The second kappa shape index (κ2) is 6.95. The van der Waals surface area contributed by atoms with Gasteiger partial charge in [0, 0.05) is 12.7 Å². The molecule has 0 bridgehead atoms. The summed E-state index contributed by atoms with van der Waals surface area (Å²) in [7, 11) is 0. The van der Waals surface area contributed by atoms with Crippen LogP contribution >= 0.6 is 0 Å². The summed E-state index contributed by atoms with van der Waals surface area (Å²) in [6.07, 6.45) is 15.8. The van der Waals surface area contributed by atoms with Gasteiger partial charge < -0.3 is 5.32 Å². The lowest BCUT2D eigenvalue weighted by Crippen LogP contribution is -2.38. The Hall–Kier alpha value is -0.830. The van der Waals surface area contributed by atoms with Crippen LogP contribution < -0.4 is 5.32 Å². The summed E-state index contributed by atoms with van der Waals surface area (Å²) in [6, 6.07) is 2.95. The van der Waals surface area contributed by atoms with E-state index < -0.39 is 0 Å². The molecule has 2 fully saturated rings. The summed E-state index contributed by atoms with van der Waals surface area (Å²) in [5, 5.41) is 8.53. The normalized spacial score (nSPS) is 22.7. The van der Waals surface area contributed by atoms with Crippen LogP contribution in [-0.2, 0) is 6.42 Å². The second-order valence-corrected chi connectivity index (χ2v) is 7.24. The van der Waals surface area contributed by atoms with E-state index in [9.17, 15) is 0 Å². The van der Waals surface area contributed by atoms with Gasteiger partial charge in [0.1, 0.15) is 0 Å². The van der Waals surface area contributed by atoms with E-state index in [1.807, 2.05) is 0 Å². The molecule has 3 rings (SSSR count). The van der Waals surface area contributed by atoms with Gasteiger partial charge in [-0.2, -0.15) is 5.10 Å². The third kappa shape index (κ3) is 3.68. The molecule has 0 spiro atoms. The average molecular weight is 289 g/mol. The predicted molar refractivity (Wildman–Crippen MR) is 87.5 cm³/mol. The fourth-order valence-corrected chi connectivity index (χ4v) is 4.34. The minimum atomic E-state index is 0.461. The van der Waals surface area contributed by atoms with Crippen LogP contribution in [0.5, 0.6) is 0 Å². The monoisotopic (exact) mass is 289 g/mol. The highest BCUT2D eigenvalue weighted by atomic mass is 15.3. The Morgan fingerprint density at radius 1 is 1.19 bits per heavy atom. The van der Waals surface area contributed by atoms with Gasteiger partial charge in [0.05, 0.1) is 11.7 Å². The van der Waals surface area contributed by atoms with Crippen molar-refractivity contribution in [1.29, 1.82) is 0 Å². The fourth-order valence-electron chi connectivity index (χ4n) is 4.34. The van der Waals surface area contributed by atoms with E-state index >= 15 is 0 Å². The van der Waals surface area contributed by atoms with Crippen molar-refractivity contribution < 1.29 is 0 Å². The van der Waals surface area contributed by atoms with Crippen molar-refractivity contribution in [3.05, 3.63) is 18.0 Å². The maximum atomic E-state index is 4.93. The van der Waals surface area contributed by atoms with Crippen LogP contribution in [0.3, 0.4) is 0 Å². The van der Waals surface area contributed by atoms with Crippen molar-refractivity contribution in [2.75, 3.05) is 13.1 Å². The maximum absolute atomic E-state index is 4.93. The molecule has 1 N–H and O–H groups in total. The number of rotatable bonds is 6. The fraction of sp³-hybridized carbons (Fsp3) is 0.833. The summed E-state index contributed by atoms with van der Waals surface area (Å²) in [5.74, 6) is 0. The van der Waals surface area contributed by atoms with Gasteiger partial charge in [0.2, 0.25) is 0 Å². The molecule has 0 unspecified atom stereocenters. The van der Waals surface area contributed by atoms with Gasteiger partial charge in [0.15, 0.2) is 0 Å². The molecule has 0 atom stereocenters. The third-order valence-electron chi connectivity index (χ3n) is 5.58. The molecule has 0 saturated heterocycles. The number of nitrogens with one attached hydrogen (secondary N) is 1. The van der Waals surface area contributed by atoms with Crippen LogP contribution in [0.15, 0.2) is 12.3 Å². The topological polar surface area (TPSA) is 29.9 Å². The van der Waals surface area contributed by atoms with Gasteiger partial charge in [-0.05, 0) is 50.1 Å². The van der Waals surface area contributed by atoms with Gasteiger partial charge in [0.25, 0.3) is 0 Å². The van der Waals surface area contributed by atoms with E-state index in [1.54, 1.807) is 0 Å². The van der Waals surface area contributed by atoms with Gasteiger partial charge >= 0.3 is 0 Å². The molecule has 1 heterocycles. The van der Waals surface area contributed by atoms with E-state index in [0.29, 0.717) is 11.5 Å². The van der Waals surface area contributed by atoms with Crippen LogP contribution in [0.2, 0.25) is 0 Å². The number of hydrogen-bond donors (Lipinski definition) is 1. The van der Waals surface area contributed by atoms with Crippen molar-refractivity contribution in [3.63, 3.8) is 0 Å². The molecule has 21 heavy (non-hydrogen) atoms. The van der Waals surface area contributed by atoms with Gasteiger partial charge in [-0.25, -0.2) is 0 Å². The molecule has 0 amide bonds. The number of hydrogen-bond acceptors (Lipinski definition) is 2. The van der Waals surface area contributed by atoms with E-state index in [-0.39, 0.29) is 0 Å². The average Bonchev–Trinajstić information content (AvgIpc) is 3.17. The van der Waals surface area contributed by atoms with Crippen LogP contribution in [-0.4, -0.2) is 22.9 Å². The molecule has 1 aromatic rings. The molecule has 0 radical (unpaired) electrons. The first-order valence-electron chi connectivity index (χ1n) is 9.06. The van der Waals surface area contributed by atoms with E-state index in [4.69, 9.17) is 5.10 Å². The van der Waals surface area contributed by atoms with Crippen molar-refractivity contribution in [2.45, 2.75) is 77.2 Å². The largest absolute Gasteiger partial charge is 0.316 e. The van der Waals surface area contributed by atoms with Gasteiger partial charge in [-0.1, -0.05) is 39.0 Å². The quantitative estimate of drug-likeness (QED) is 0.854. The summed E-state index contributed by atoms with van der Waals surface area (Å²) >= 11 is 0. The first kappa shape index (κ1) is 15.1. The zero-order chi connectivity index (χ0) is 14.5. The Morgan fingerprint density at radius 3 is 2.67 bits per heavy atom. The van der Waals surface area contributed by atoms with E-state index in [0.717, 1.165) is 6.54 Å². The van der Waals surface area contributed by atoms with Crippen LogP contribution in [0.1, 0.15) is 76.4 Å². The summed E-state index contributed by atoms with van der Waals surface area (Å²) < 4.78 is 2.26. The minimum Gasteiger partial charge on any atom is -0.316 e. The summed E-state index contributed by atoms with van der Waals surface area (Å²) in [4.78, 5) is 0. The molecule has 2 aliphatic carbocycles. The molecule has 118 valence electrons. The molecule has 3 nitrogen and oxygen atoms in total. The summed E-state index contributed by atoms with van der Waals surface area (Å²) in [5.41, 5.74) is 1.78. The lowest BCUT2D eigenvalue weighted by Gasteiger charge is -2.37. The van der Waals surface area contributed by atoms with Crippen LogP contribution in [0.25, 0.3) is 0 Å². The van der Waals surface area contributed by atoms with Crippen molar-refractivity contribution in [1.82, 2.24) is 15.1 Å². The summed E-state index contributed by atoms with van der Waals surface area (Å²) in [6.45, 7) is 4.46. The zero-order valence-electron chi connectivity index (χ0n) is 13.6. The van der Waals surface area contributed by atoms with Gasteiger partial charge in [-0.3, -0.25) is 4.68 Å². The van der Waals surface area contributed by atoms with Gasteiger partial charge in [-0.15, -0.1) is 0 Å². The Kier molecular flexibility index (Phi) is 4.99. The Bertz CT molecular complexity index is 425. The lowest BCUT2D eigenvalue weighted by atomic mass is 9.71. The Balaban J connectivity index is 1.67. The molecular formula is C18H31N3. The lowest BCUT2D eigenvalue weighted by molar-refractivity contribution is 0.179. The standard InChI is InChI=1S/C18H31N3/c1-2-19-15-18(11-6-3-7-12-18)14-16-10-13-21(20-16)17-8-4-5-9-17/h10,13,17,19H,2-9,11-12,14-15H2,1H3. The highest BCUT2D eigenvalue weighted by Gasteiger charge is 2.32. The van der Waals surface area contributed by atoms with E-state index in [1.165, 1.54) is 76.4 Å². The molecule has 1 aromatic heterocycles. The first-order valence-corrected chi connectivity index (χ1v) is 9.06. The predicted octanol–water partition coefficient (Wildman–Crippen LogP) is 4.10. The minimum absolute atomic E-state index is 0.461. The van der Waals surface area contributed by atoms with Crippen LogP contribution in [0.4, 0.5) is 0 Å². The number of nitrogens with zero attached hydrogens (tertiary/aromatic N) is 2. The van der Waals surface area contributed by atoms with Crippen LogP contribution in [0, 0.1) is 5.41 Å². The smallest absolute Gasteiger partial charge is 0.0630 e. The Morgan fingerprint density at radius 2 is 1.95 bits per heavy atom. The molecule has 2 saturated carbocycles. The molecular weight excluding hydrogens is 258 g/mol. The van der Waals surface area contributed by atoms with E-state index in [2.05, 4.69) is 29.2 Å². The zero-order valence-corrected chi connectivity index (χ0v) is 13.6. The van der Waals surface area contributed by atoms with Crippen molar-refractivity contribution in [3.8, 4) is 0 Å². The van der Waals surface area contributed by atoms with Crippen molar-refractivity contribution in [2.24, 2.45) is 5.41 Å². The second-order valence-electron chi connectivity index (χ2n) is 7.24. The number of aromatic nitrogens is 2. The molecule has 3 heteroatoms. The maximum Gasteiger partial charge on any atom is 0.0630 e. The molecule has 0 aliphatic heterocycles. The Labute approximate surface area is 129 Å². The highest BCUT2D eigenvalue weighted by molar-refractivity contribution is 5.05. The third-order valence-corrected chi connectivity index (χ3v) is 5.58. The SMILES string of the molecule is CCNCC1(Cc2ccn(C3CCCC3)n2)CCCCC1.